The van der Waals surface area contributed by atoms with Gasteiger partial charge in [0, 0.05) is 25.0 Å². The summed E-state index contributed by atoms with van der Waals surface area (Å²) in [5, 5.41) is 2.62. The van der Waals surface area contributed by atoms with Crippen molar-refractivity contribution < 1.29 is 13.2 Å². The Balaban J connectivity index is 1.85. The zero-order valence-corrected chi connectivity index (χ0v) is 15.2. The fourth-order valence-electron chi connectivity index (χ4n) is 2.42. The molecule has 138 valence electrons. The topological polar surface area (TPSA) is 99.3 Å². The lowest BCUT2D eigenvalue weighted by molar-refractivity contribution is 0.102. The molecule has 0 atom stereocenters. The van der Waals surface area contributed by atoms with E-state index in [2.05, 4.69) is 10.3 Å². The summed E-state index contributed by atoms with van der Waals surface area (Å²) in [4.78, 5) is 25.8. The highest BCUT2D eigenvalue weighted by atomic mass is 32.2. The summed E-state index contributed by atoms with van der Waals surface area (Å²) in [6.07, 6.45) is 1.29. The van der Waals surface area contributed by atoms with Gasteiger partial charge in [-0.05, 0) is 36.4 Å². The molecule has 2 aromatic carbocycles. The van der Waals surface area contributed by atoms with E-state index < -0.39 is 15.9 Å². The summed E-state index contributed by atoms with van der Waals surface area (Å²) in [5.74, 6) is -0.461. The van der Waals surface area contributed by atoms with Crippen molar-refractivity contribution in [2.75, 3.05) is 16.7 Å². The largest absolute Gasteiger partial charge is 0.328 e. The number of aromatic nitrogens is 1. The molecule has 0 aliphatic carbocycles. The smallest absolute Gasteiger partial charge is 0.264 e. The van der Waals surface area contributed by atoms with Gasteiger partial charge in [0.15, 0.2) is 0 Å². The van der Waals surface area contributed by atoms with Crippen LogP contribution in [-0.4, -0.2) is 26.4 Å². The number of hydrogen-bond donors (Lipinski definition) is 2. The van der Waals surface area contributed by atoms with Gasteiger partial charge >= 0.3 is 0 Å². The first kappa shape index (κ1) is 18.4. The Labute approximate surface area is 156 Å². The van der Waals surface area contributed by atoms with Crippen molar-refractivity contribution >= 4 is 27.3 Å². The Morgan fingerprint density at radius 1 is 1.00 bits per heavy atom. The first-order chi connectivity index (χ1) is 12.9. The van der Waals surface area contributed by atoms with E-state index >= 15 is 0 Å². The van der Waals surface area contributed by atoms with E-state index in [0.29, 0.717) is 11.4 Å². The number of nitrogens with zero attached hydrogens (tertiary/aromatic N) is 1. The third-order valence-electron chi connectivity index (χ3n) is 3.92. The number of para-hydroxylation sites is 1. The summed E-state index contributed by atoms with van der Waals surface area (Å²) in [7, 11) is -2.32. The first-order valence-electron chi connectivity index (χ1n) is 8.02. The number of benzene rings is 2. The lowest BCUT2D eigenvalue weighted by Gasteiger charge is -2.19. The molecule has 0 aliphatic heterocycles. The number of sulfonamides is 1. The lowest BCUT2D eigenvalue weighted by atomic mass is 10.2. The predicted molar refractivity (Wildman–Crippen MR) is 103 cm³/mol. The quantitative estimate of drug-likeness (QED) is 0.707. The van der Waals surface area contributed by atoms with E-state index in [1.54, 1.807) is 42.5 Å². The van der Waals surface area contributed by atoms with Gasteiger partial charge in [0.1, 0.15) is 0 Å². The van der Waals surface area contributed by atoms with Crippen molar-refractivity contribution in [3.8, 4) is 0 Å². The molecular weight excluding hydrogens is 366 g/mol. The highest BCUT2D eigenvalue weighted by molar-refractivity contribution is 7.92. The number of carbonyl (C=O) groups excluding carboxylic acids is 1. The monoisotopic (exact) mass is 383 g/mol. The summed E-state index contributed by atoms with van der Waals surface area (Å²) < 4.78 is 26.9. The molecule has 0 aliphatic rings. The molecule has 7 nitrogen and oxygen atoms in total. The maximum absolute atomic E-state index is 12.9. The first-order valence-corrected chi connectivity index (χ1v) is 9.46. The van der Waals surface area contributed by atoms with Crippen LogP contribution in [0.2, 0.25) is 0 Å². The van der Waals surface area contributed by atoms with Crippen LogP contribution in [0.3, 0.4) is 0 Å². The van der Waals surface area contributed by atoms with Crippen LogP contribution in [0.15, 0.2) is 82.6 Å². The van der Waals surface area contributed by atoms with Crippen LogP contribution in [0.1, 0.15) is 10.4 Å². The van der Waals surface area contributed by atoms with Gasteiger partial charge in [0.05, 0.1) is 16.1 Å². The van der Waals surface area contributed by atoms with Gasteiger partial charge in [-0.3, -0.25) is 13.9 Å². The van der Waals surface area contributed by atoms with Gasteiger partial charge in [0.2, 0.25) is 5.56 Å². The standard InChI is InChI=1S/C19H17N3O4S/c1-22(16-7-3-2-4-8-16)27(25,26)17-9-5-6-15(12-17)21-19(24)14-10-11-18(23)20-13-14/h2-13H,1H3,(H,20,23)(H,21,24). The Bertz CT molecular complexity index is 1100. The second-order valence-corrected chi connectivity index (χ2v) is 7.70. The minimum Gasteiger partial charge on any atom is -0.328 e. The molecule has 1 heterocycles. The van der Waals surface area contributed by atoms with Gasteiger partial charge in [-0.25, -0.2) is 8.42 Å². The molecule has 2 N–H and O–H groups in total. The maximum Gasteiger partial charge on any atom is 0.264 e. The number of nitrogens with one attached hydrogen (secondary N) is 2. The average molecular weight is 383 g/mol. The molecular formula is C19H17N3O4S. The second-order valence-electron chi connectivity index (χ2n) is 5.73. The molecule has 8 heteroatoms. The van der Waals surface area contributed by atoms with E-state index in [9.17, 15) is 18.0 Å². The summed E-state index contributed by atoms with van der Waals surface area (Å²) in [5.41, 5.74) is 0.793. The van der Waals surface area contributed by atoms with E-state index in [-0.39, 0.29) is 16.0 Å². The Hall–Kier alpha value is -3.39. The minimum absolute atomic E-state index is 0.0492. The number of anilines is 2. The Kier molecular flexibility index (Phi) is 5.09. The van der Waals surface area contributed by atoms with Gasteiger partial charge in [-0.15, -0.1) is 0 Å². The van der Waals surface area contributed by atoms with Crippen molar-refractivity contribution in [3.05, 3.63) is 88.8 Å². The van der Waals surface area contributed by atoms with E-state index in [1.807, 2.05) is 0 Å². The molecule has 0 spiro atoms. The third-order valence-corrected chi connectivity index (χ3v) is 5.70. The van der Waals surface area contributed by atoms with Gasteiger partial charge in [-0.1, -0.05) is 24.3 Å². The molecule has 1 aromatic heterocycles. The Morgan fingerprint density at radius 2 is 1.74 bits per heavy atom. The fourth-order valence-corrected chi connectivity index (χ4v) is 3.67. The van der Waals surface area contributed by atoms with Crippen molar-refractivity contribution in [3.63, 3.8) is 0 Å². The van der Waals surface area contributed by atoms with Crippen LogP contribution in [0, 0.1) is 0 Å². The molecule has 0 saturated heterocycles. The summed E-state index contributed by atoms with van der Waals surface area (Å²) >= 11 is 0. The third kappa shape index (κ3) is 4.06. The molecule has 0 bridgehead atoms. The highest BCUT2D eigenvalue weighted by Gasteiger charge is 2.21. The SMILES string of the molecule is CN(c1ccccc1)S(=O)(=O)c1cccc(NC(=O)c2ccc(=O)[nH]c2)c1. The number of hydrogen-bond acceptors (Lipinski definition) is 4. The normalized spacial score (nSPS) is 11.0. The average Bonchev–Trinajstić information content (AvgIpc) is 2.68. The van der Waals surface area contributed by atoms with Crippen LogP contribution in [0.5, 0.6) is 0 Å². The molecule has 0 radical (unpaired) electrons. The van der Waals surface area contributed by atoms with Crippen molar-refractivity contribution in [1.29, 1.82) is 0 Å². The molecule has 27 heavy (non-hydrogen) atoms. The van der Waals surface area contributed by atoms with Gasteiger partial charge in [-0.2, -0.15) is 0 Å². The number of H-pyrrole nitrogens is 1. The number of pyridine rings is 1. The molecule has 1 amide bonds. The molecule has 3 aromatic rings. The summed E-state index contributed by atoms with van der Waals surface area (Å²) in [6, 6.07) is 17.3. The van der Waals surface area contributed by atoms with Gasteiger partial charge < -0.3 is 10.3 Å². The molecule has 0 unspecified atom stereocenters. The lowest BCUT2D eigenvalue weighted by Crippen LogP contribution is -2.26. The minimum atomic E-state index is -3.79. The highest BCUT2D eigenvalue weighted by Crippen LogP contribution is 2.23. The fraction of sp³-hybridized carbons (Fsp3) is 0.0526. The number of rotatable bonds is 5. The summed E-state index contributed by atoms with van der Waals surface area (Å²) in [6.45, 7) is 0. The van der Waals surface area contributed by atoms with E-state index in [0.717, 1.165) is 0 Å². The number of aromatic amines is 1. The molecule has 0 fully saturated rings. The van der Waals surface area contributed by atoms with Crippen LogP contribution in [-0.2, 0) is 10.0 Å². The van der Waals surface area contributed by atoms with Gasteiger partial charge in [0.25, 0.3) is 15.9 Å². The predicted octanol–water partition coefficient (Wildman–Crippen LogP) is 2.45. The van der Waals surface area contributed by atoms with Crippen molar-refractivity contribution in [1.82, 2.24) is 4.98 Å². The second kappa shape index (κ2) is 7.46. The number of amides is 1. The molecule has 0 saturated carbocycles. The van der Waals surface area contributed by atoms with Crippen LogP contribution in [0.4, 0.5) is 11.4 Å². The zero-order valence-electron chi connectivity index (χ0n) is 14.4. The maximum atomic E-state index is 12.9. The van der Waals surface area contributed by atoms with Crippen LogP contribution < -0.4 is 15.2 Å². The van der Waals surface area contributed by atoms with Crippen molar-refractivity contribution in [2.24, 2.45) is 0 Å². The zero-order chi connectivity index (χ0) is 19.4. The van der Waals surface area contributed by atoms with E-state index in [1.165, 1.54) is 41.8 Å². The van der Waals surface area contributed by atoms with E-state index in [4.69, 9.17) is 0 Å². The Morgan fingerprint density at radius 3 is 2.41 bits per heavy atom. The molecule has 3 rings (SSSR count). The van der Waals surface area contributed by atoms with Crippen LogP contribution >= 0.6 is 0 Å². The number of carbonyl (C=O) groups is 1. The van der Waals surface area contributed by atoms with Crippen molar-refractivity contribution in [2.45, 2.75) is 4.90 Å². The van der Waals surface area contributed by atoms with Crippen LogP contribution in [0.25, 0.3) is 0 Å².